The summed E-state index contributed by atoms with van der Waals surface area (Å²) < 4.78 is 33.8. The van der Waals surface area contributed by atoms with Gasteiger partial charge in [-0.05, 0) is 121 Å². The summed E-state index contributed by atoms with van der Waals surface area (Å²) in [7, 11) is 0. The lowest BCUT2D eigenvalue weighted by molar-refractivity contribution is 0.0223. The van der Waals surface area contributed by atoms with Crippen molar-refractivity contribution in [3.8, 4) is 0 Å². The average Bonchev–Trinajstić information content (AvgIpc) is 3.63. The predicted octanol–water partition coefficient (Wildman–Crippen LogP) is 9.07. The average molecular weight is 728 g/mol. The molecule has 8 heteroatoms. The Morgan fingerprint density at radius 2 is 1.24 bits per heavy atom. The van der Waals surface area contributed by atoms with Crippen molar-refractivity contribution in [1.29, 1.82) is 0 Å². The highest BCUT2D eigenvalue weighted by molar-refractivity contribution is 5.88. The molecule has 2 aromatic carbocycles. The number of rotatable bonds is 6. The van der Waals surface area contributed by atoms with E-state index in [9.17, 15) is 4.79 Å². The number of likely N-dealkylation sites (N-methyl/N-ethyl adjacent to an activating group) is 1. The SMILES string of the molecule is Cc1ccc2c(c1)c1c(n2CCc2ccc(C)nc2)CCN(C(=O)OC(C)(C)C)C1.[2H]C([2H])([2H])N1CCc2c(c3cc(C)ccc3n2CCc2ccc(C)nc2)C1. The smallest absolute Gasteiger partial charge is 0.410 e. The van der Waals surface area contributed by atoms with E-state index in [-0.39, 0.29) is 6.09 Å². The van der Waals surface area contributed by atoms with Gasteiger partial charge in [-0.1, -0.05) is 35.4 Å². The van der Waals surface area contributed by atoms with E-state index >= 15 is 0 Å². The lowest BCUT2D eigenvalue weighted by atomic mass is 10.0. The lowest BCUT2D eigenvalue weighted by Gasteiger charge is -2.30. The first-order valence-corrected chi connectivity index (χ1v) is 19.3. The van der Waals surface area contributed by atoms with Crippen LogP contribution in [0, 0.1) is 27.7 Å². The molecule has 0 saturated heterocycles. The van der Waals surface area contributed by atoms with Crippen LogP contribution in [-0.2, 0) is 56.6 Å². The maximum Gasteiger partial charge on any atom is 0.410 e. The molecule has 0 N–H and O–H groups in total. The van der Waals surface area contributed by atoms with Gasteiger partial charge in [-0.2, -0.15) is 0 Å². The second-order valence-corrected chi connectivity index (χ2v) is 16.1. The molecule has 2 aliphatic heterocycles. The fraction of sp³-hybridized carbons (Fsp3) is 0.413. The minimum atomic E-state index is -2.04. The van der Waals surface area contributed by atoms with Gasteiger partial charge in [-0.25, -0.2) is 4.79 Å². The van der Waals surface area contributed by atoms with Gasteiger partial charge in [0.2, 0.25) is 0 Å². The fourth-order valence-corrected chi connectivity index (χ4v) is 7.90. The number of aromatic nitrogens is 4. The normalized spacial score (nSPS) is 15.5. The van der Waals surface area contributed by atoms with Crippen molar-refractivity contribution in [2.75, 3.05) is 20.1 Å². The van der Waals surface area contributed by atoms with Gasteiger partial charge in [0.15, 0.2) is 0 Å². The van der Waals surface area contributed by atoms with Gasteiger partial charge >= 0.3 is 6.09 Å². The molecule has 54 heavy (non-hydrogen) atoms. The van der Waals surface area contributed by atoms with Crippen molar-refractivity contribution >= 4 is 27.9 Å². The first-order chi connectivity index (χ1) is 27.0. The van der Waals surface area contributed by atoms with E-state index in [4.69, 9.17) is 8.85 Å². The number of hydrogen-bond donors (Lipinski definition) is 0. The summed E-state index contributed by atoms with van der Waals surface area (Å²) in [5.41, 5.74) is 14.0. The number of carbonyl (C=O) groups excluding carboxylic acids is 1. The monoisotopic (exact) mass is 727 g/mol. The van der Waals surface area contributed by atoms with E-state index in [1.807, 2.05) is 51.9 Å². The van der Waals surface area contributed by atoms with Crippen molar-refractivity contribution < 1.29 is 13.6 Å². The number of aryl methyl sites for hydroxylation is 8. The standard InChI is InChI=1S/C25H31N3O2.C21H25N3/c1-17-6-9-22-20(14-17)21-16-27(24(29)30-25(3,4)5)12-11-23(21)28(22)13-10-19-8-7-18(2)26-15-19;1-15-4-7-20-18(12-15)19-14-23(3)10-9-21(19)24(20)11-8-17-6-5-16(2)22-13-17/h6-9,14-15H,10-13,16H2,1-5H3;4-7,12-13H,8-11,14H2,1-3H3/i;3D3. The first-order valence-electron chi connectivity index (χ1n) is 20.8. The zero-order valence-electron chi connectivity index (χ0n) is 36.0. The van der Waals surface area contributed by atoms with Gasteiger partial charge in [0.25, 0.3) is 0 Å². The molecule has 0 saturated carbocycles. The summed E-state index contributed by atoms with van der Waals surface area (Å²) >= 11 is 0. The molecule has 4 aromatic heterocycles. The molecular formula is C46H56N6O2. The van der Waals surface area contributed by atoms with Gasteiger partial charge in [0, 0.05) is 112 Å². The van der Waals surface area contributed by atoms with E-state index in [2.05, 4.69) is 93.6 Å². The Hall–Kier alpha value is -4.95. The Balaban J connectivity index is 0.000000175. The molecule has 0 aliphatic carbocycles. The van der Waals surface area contributed by atoms with E-state index in [0.29, 0.717) is 26.2 Å². The molecule has 1 amide bonds. The zero-order chi connectivity index (χ0) is 40.6. The van der Waals surface area contributed by atoms with E-state index in [0.717, 1.165) is 50.2 Å². The summed E-state index contributed by atoms with van der Waals surface area (Å²) in [6, 6.07) is 21.6. The molecule has 6 aromatic rings. The third kappa shape index (κ3) is 8.24. The van der Waals surface area contributed by atoms with Gasteiger partial charge in [-0.15, -0.1) is 0 Å². The second kappa shape index (κ2) is 15.4. The number of benzene rings is 2. The van der Waals surface area contributed by atoms with Gasteiger partial charge in [0.05, 0.1) is 6.54 Å². The maximum absolute atomic E-state index is 12.7. The highest BCUT2D eigenvalue weighted by Crippen LogP contribution is 2.34. The Labute approximate surface area is 325 Å². The molecule has 6 heterocycles. The van der Waals surface area contributed by atoms with Gasteiger partial charge in [0.1, 0.15) is 5.60 Å². The van der Waals surface area contributed by atoms with Crippen LogP contribution in [0.5, 0.6) is 0 Å². The quantitative estimate of drug-likeness (QED) is 0.171. The van der Waals surface area contributed by atoms with Crippen molar-refractivity contribution in [3.05, 3.63) is 129 Å². The summed E-state index contributed by atoms with van der Waals surface area (Å²) in [5, 5.41) is 2.45. The second-order valence-electron chi connectivity index (χ2n) is 16.1. The maximum atomic E-state index is 12.7. The summed E-state index contributed by atoms with van der Waals surface area (Å²) in [6.45, 7) is 16.1. The Morgan fingerprint density at radius 3 is 1.72 bits per heavy atom. The fourth-order valence-electron chi connectivity index (χ4n) is 7.90. The highest BCUT2D eigenvalue weighted by atomic mass is 16.6. The molecule has 0 unspecified atom stereocenters. The molecule has 0 radical (unpaired) electrons. The largest absolute Gasteiger partial charge is 0.444 e. The third-order valence-electron chi connectivity index (χ3n) is 10.7. The van der Waals surface area contributed by atoms with Crippen LogP contribution in [0.2, 0.25) is 0 Å². The lowest BCUT2D eigenvalue weighted by Crippen LogP contribution is -2.40. The van der Waals surface area contributed by atoms with Crippen molar-refractivity contribution in [3.63, 3.8) is 0 Å². The Bertz CT molecular complexity index is 2390. The summed E-state index contributed by atoms with van der Waals surface area (Å²) in [6.07, 6.45) is 7.17. The Kier molecular flexibility index (Phi) is 9.60. The molecule has 0 atom stereocenters. The predicted molar refractivity (Wildman–Crippen MR) is 219 cm³/mol. The van der Waals surface area contributed by atoms with E-state index in [1.54, 1.807) is 4.90 Å². The first kappa shape index (κ1) is 33.6. The number of nitrogens with zero attached hydrogens (tertiary/aromatic N) is 6. The number of hydrogen-bond acceptors (Lipinski definition) is 5. The third-order valence-corrected chi connectivity index (χ3v) is 10.7. The zero-order valence-corrected chi connectivity index (χ0v) is 33.0. The Morgan fingerprint density at radius 1 is 0.722 bits per heavy atom. The van der Waals surface area contributed by atoms with Crippen molar-refractivity contribution in [2.45, 2.75) is 106 Å². The van der Waals surface area contributed by atoms with Crippen molar-refractivity contribution in [2.24, 2.45) is 0 Å². The minimum absolute atomic E-state index is 0.229. The highest BCUT2D eigenvalue weighted by Gasteiger charge is 2.29. The number of amides is 1. The number of carbonyl (C=O) groups is 1. The van der Waals surface area contributed by atoms with Crippen LogP contribution in [0.1, 0.15) is 81.0 Å². The van der Waals surface area contributed by atoms with E-state index < -0.39 is 12.6 Å². The van der Waals surface area contributed by atoms with Gasteiger partial charge < -0.3 is 23.7 Å². The molecule has 282 valence electrons. The summed E-state index contributed by atoms with van der Waals surface area (Å²) in [4.78, 5) is 24.9. The number of fused-ring (bicyclic) bond motifs is 6. The summed E-state index contributed by atoms with van der Waals surface area (Å²) in [5.74, 6) is 0. The van der Waals surface area contributed by atoms with E-state index in [1.165, 1.54) is 66.6 Å². The van der Waals surface area contributed by atoms with Crippen LogP contribution in [0.15, 0.2) is 73.1 Å². The van der Waals surface area contributed by atoms with Crippen LogP contribution in [0.25, 0.3) is 21.8 Å². The van der Waals surface area contributed by atoms with Crippen LogP contribution >= 0.6 is 0 Å². The number of pyridine rings is 2. The molecule has 8 rings (SSSR count). The van der Waals surface area contributed by atoms with Crippen LogP contribution in [-0.4, -0.2) is 60.7 Å². The van der Waals surface area contributed by atoms with Crippen LogP contribution in [0.4, 0.5) is 4.79 Å². The molecular weight excluding hydrogens is 669 g/mol. The topological polar surface area (TPSA) is 68.4 Å². The van der Waals surface area contributed by atoms with Crippen molar-refractivity contribution in [1.82, 2.24) is 28.9 Å². The number of ether oxygens (including phenoxy) is 1. The van der Waals surface area contributed by atoms with Crippen LogP contribution < -0.4 is 0 Å². The molecule has 0 bridgehead atoms. The molecule has 2 aliphatic rings. The molecule has 0 fully saturated rings. The molecule has 8 nitrogen and oxygen atoms in total. The van der Waals surface area contributed by atoms with Gasteiger partial charge in [-0.3, -0.25) is 9.97 Å². The van der Waals surface area contributed by atoms with Crippen LogP contribution in [0.3, 0.4) is 0 Å². The minimum Gasteiger partial charge on any atom is -0.444 e. The molecule has 0 spiro atoms.